The number of thiazole rings is 1. The van der Waals surface area contributed by atoms with Crippen LogP contribution in [0.2, 0.25) is 5.02 Å². The Balaban J connectivity index is 2.10. The van der Waals surface area contributed by atoms with Gasteiger partial charge in [0.25, 0.3) is 0 Å². The zero-order valence-electron chi connectivity index (χ0n) is 10.8. The lowest BCUT2D eigenvalue weighted by molar-refractivity contribution is 0.0698. The van der Waals surface area contributed by atoms with Crippen LogP contribution >= 0.6 is 22.9 Å². The molecular formula is C13H14ClN3O2S. The summed E-state index contributed by atoms with van der Waals surface area (Å²) in [6.07, 6.45) is 0.699. The number of rotatable bonds is 5. The summed E-state index contributed by atoms with van der Waals surface area (Å²) in [6, 6.07) is 2.92. The summed E-state index contributed by atoms with van der Waals surface area (Å²) >= 11 is 7.63. The Hall–Kier alpha value is -1.79. The van der Waals surface area contributed by atoms with E-state index in [-0.39, 0.29) is 5.56 Å². The van der Waals surface area contributed by atoms with Crippen LogP contribution in [0, 0.1) is 6.92 Å². The first-order valence-corrected chi connectivity index (χ1v) is 7.20. The van der Waals surface area contributed by atoms with Gasteiger partial charge in [0.15, 0.2) is 0 Å². The standard InChI is InChI=1S/C13H14ClN3O2S/c1-7-17-9(6-20-7)2-3-16-12-10(13(18)19)4-8(15)5-11(12)14/h4-6,16H,2-3,15H2,1H3,(H,18,19). The van der Waals surface area contributed by atoms with Gasteiger partial charge in [0.1, 0.15) is 0 Å². The molecule has 1 aromatic heterocycles. The second kappa shape index (κ2) is 6.11. The molecule has 106 valence electrons. The van der Waals surface area contributed by atoms with Crippen molar-refractivity contribution >= 4 is 40.3 Å². The van der Waals surface area contributed by atoms with Gasteiger partial charge in [0.05, 0.1) is 27.0 Å². The number of nitrogens with two attached hydrogens (primary N) is 1. The summed E-state index contributed by atoms with van der Waals surface area (Å²) in [5.74, 6) is -1.06. The molecule has 7 heteroatoms. The predicted octanol–water partition coefficient (Wildman–Crippen LogP) is 3.04. The van der Waals surface area contributed by atoms with Crippen LogP contribution in [0.5, 0.6) is 0 Å². The Labute approximate surface area is 125 Å². The summed E-state index contributed by atoms with van der Waals surface area (Å²) in [4.78, 5) is 15.5. The molecule has 4 N–H and O–H groups in total. The fraction of sp³-hybridized carbons (Fsp3) is 0.231. The zero-order chi connectivity index (χ0) is 14.7. The maximum absolute atomic E-state index is 11.2. The molecule has 0 saturated heterocycles. The Morgan fingerprint density at radius 3 is 2.90 bits per heavy atom. The van der Waals surface area contributed by atoms with E-state index in [9.17, 15) is 4.79 Å². The first-order chi connectivity index (χ1) is 9.47. The molecule has 2 aromatic rings. The van der Waals surface area contributed by atoms with Crippen molar-refractivity contribution in [1.82, 2.24) is 4.98 Å². The molecule has 2 rings (SSSR count). The maximum Gasteiger partial charge on any atom is 0.337 e. The van der Waals surface area contributed by atoms with E-state index >= 15 is 0 Å². The molecule has 1 heterocycles. The first kappa shape index (κ1) is 14.6. The highest BCUT2D eigenvalue weighted by Crippen LogP contribution is 2.29. The average Bonchev–Trinajstić information content (AvgIpc) is 2.77. The Bertz CT molecular complexity index is 643. The van der Waals surface area contributed by atoms with Crippen LogP contribution in [0.15, 0.2) is 17.5 Å². The molecule has 20 heavy (non-hydrogen) atoms. The molecule has 1 aromatic carbocycles. The van der Waals surface area contributed by atoms with Gasteiger partial charge in [0, 0.05) is 24.0 Å². The highest BCUT2D eigenvalue weighted by molar-refractivity contribution is 7.09. The number of halogens is 1. The summed E-state index contributed by atoms with van der Waals surface area (Å²) in [5, 5.41) is 15.5. The molecule has 0 spiro atoms. The van der Waals surface area contributed by atoms with Gasteiger partial charge in [-0.2, -0.15) is 0 Å². The van der Waals surface area contributed by atoms with E-state index in [1.807, 2.05) is 12.3 Å². The lowest BCUT2D eigenvalue weighted by Gasteiger charge is -2.12. The summed E-state index contributed by atoms with van der Waals surface area (Å²) in [5.41, 5.74) is 7.37. The van der Waals surface area contributed by atoms with Gasteiger partial charge in [-0.1, -0.05) is 11.6 Å². The van der Waals surface area contributed by atoms with Crippen LogP contribution in [0.25, 0.3) is 0 Å². The highest BCUT2D eigenvalue weighted by atomic mass is 35.5. The van der Waals surface area contributed by atoms with Crippen LogP contribution in [0.1, 0.15) is 21.1 Å². The highest BCUT2D eigenvalue weighted by Gasteiger charge is 2.14. The number of carboxylic acid groups (broad SMARTS) is 1. The van der Waals surface area contributed by atoms with Crippen molar-refractivity contribution < 1.29 is 9.90 Å². The Kier molecular flexibility index (Phi) is 4.46. The second-order valence-corrected chi connectivity index (χ2v) is 5.73. The zero-order valence-corrected chi connectivity index (χ0v) is 12.4. The minimum Gasteiger partial charge on any atom is -0.478 e. The monoisotopic (exact) mass is 311 g/mol. The van der Waals surface area contributed by atoms with Crippen molar-refractivity contribution in [3.8, 4) is 0 Å². The van der Waals surface area contributed by atoms with Gasteiger partial charge in [-0.15, -0.1) is 11.3 Å². The maximum atomic E-state index is 11.2. The van der Waals surface area contributed by atoms with E-state index in [2.05, 4.69) is 10.3 Å². The number of aromatic nitrogens is 1. The SMILES string of the molecule is Cc1nc(CCNc2c(Cl)cc(N)cc2C(=O)O)cs1. The smallest absolute Gasteiger partial charge is 0.337 e. The van der Waals surface area contributed by atoms with Crippen molar-refractivity contribution in [3.63, 3.8) is 0 Å². The molecule has 0 aliphatic carbocycles. The molecule has 0 aliphatic rings. The molecule has 0 amide bonds. The minimum atomic E-state index is -1.06. The van der Waals surface area contributed by atoms with E-state index in [0.29, 0.717) is 29.4 Å². The van der Waals surface area contributed by atoms with E-state index in [1.165, 1.54) is 12.1 Å². The number of anilines is 2. The molecule has 0 radical (unpaired) electrons. The molecule has 0 fully saturated rings. The number of hydrogen-bond acceptors (Lipinski definition) is 5. The Morgan fingerprint density at radius 2 is 2.30 bits per heavy atom. The van der Waals surface area contributed by atoms with Gasteiger partial charge < -0.3 is 16.2 Å². The van der Waals surface area contributed by atoms with Gasteiger partial charge in [-0.3, -0.25) is 0 Å². The van der Waals surface area contributed by atoms with Crippen LogP contribution in [0.4, 0.5) is 11.4 Å². The summed E-state index contributed by atoms with van der Waals surface area (Å²) < 4.78 is 0. The van der Waals surface area contributed by atoms with Gasteiger partial charge in [-0.25, -0.2) is 9.78 Å². The second-order valence-electron chi connectivity index (χ2n) is 4.27. The number of aromatic carboxylic acids is 1. The van der Waals surface area contributed by atoms with Crippen LogP contribution < -0.4 is 11.1 Å². The topological polar surface area (TPSA) is 88.2 Å². The third kappa shape index (κ3) is 3.40. The largest absolute Gasteiger partial charge is 0.478 e. The van der Waals surface area contributed by atoms with Gasteiger partial charge in [0.2, 0.25) is 0 Å². The number of carboxylic acids is 1. The quantitative estimate of drug-likeness (QED) is 0.739. The number of carbonyl (C=O) groups is 1. The number of nitrogens with zero attached hydrogens (tertiary/aromatic N) is 1. The fourth-order valence-corrected chi connectivity index (χ4v) is 2.76. The van der Waals surface area contributed by atoms with Crippen molar-refractivity contribution in [2.45, 2.75) is 13.3 Å². The normalized spacial score (nSPS) is 10.5. The van der Waals surface area contributed by atoms with Crippen molar-refractivity contribution in [1.29, 1.82) is 0 Å². The lowest BCUT2D eigenvalue weighted by atomic mass is 10.1. The van der Waals surface area contributed by atoms with Crippen molar-refractivity contribution in [2.75, 3.05) is 17.6 Å². The average molecular weight is 312 g/mol. The predicted molar refractivity (Wildman–Crippen MR) is 81.9 cm³/mol. The fourth-order valence-electron chi connectivity index (χ4n) is 1.81. The molecule has 0 aliphatic heterocycles. The number of hydrogen-bond donors (Lipinski definition) is 3. The van der Waals surface area contributed by atoms with Crippen LogP contribution in [-0.2, 0) is 6.42 Å². The summed E-state index contributed by atoms with van der Waals surface area (Å²) in [7, 11) is 0. The molecule has 0 atom stereocenters. The number of aryl methyl sites for hydroxylation is 1. The number of nitrogen functional groups attached to an aromatic ring is 1. The molecule has 5 nitrogen and oxygen atoms in total. The third-order valence-electron chi connectivity index (χ3n) is 2.69. The van der Waals surface area contributed by atoms with Gasteiger partial charge >= 0.3 is 5.97 Å². The first-order valence-electron chi connectivity index (χ1n) is 5.94. The molecular weight excluding hydrogens is 298 g/mol. The lowest BCUT2D eigenvalue weighted by Crippen LogP contribution is -2.11. The van der Waals surface area contributed by atoms with Crippen molar-refractivity contribution in [3.05, 3.63) is 38.8 Å². The Morgan fingerprint density at radius 1 is 1.55 bits per heavy atom. The summed E-state index contributed by atoms with van der Waals surface area (Å²) in [6.45, 7) is 2.49. The van der Waals surface area contributed by atoms with E-state index < -0.39 is 5.97 Å². The van der Waals surface area contributed by atoms with Gasteiger partial charge in [-0.05, 0) is 19.1 Å². The number of nitrogens with one attached hydrogen (secondary N) is 1. The van der Waals surface area contributed by atoms with Crippen LogP contribution in [-0.4, -0.2) is 22.6 Å². The third-order valence-corrected chi connectivity index (χ3v) is 3.81. The van der Waals surface area contributed by atoms with Crippen molar-refractivity contribution in [2.24, 2.45) is 0 Å². The van der Waals surface area contributed by atoms with E-state index in [4.69, 9.17) is 22.4 Å². The molecule has 0 unspecified atom stereocenters. The van der Waals surface area contributed by atoms with E-state index in [0.717, 1.165) is 10.7 Å². The number of benzene rings is 1. The molecule has 0 saturated carbocycles. The minimum absolute atomic E-state index is 0.0736. The molecule has 0 bridgehead atoms. The van der Waals surface area contributed by atoms with Crippen LogP contribution in [0.3, 0.4) is 0 Å². The van der Waals surface area contributed by atoms with E-state index in [1.54, 1.807) is 11.3 Å².